The van der Waals surface area contributed by atoms with Crippen molar-refractivity contribution in [3.05, 3.63) is 46.5 Å². The Morgan fingerprint density at radius 3 is 2.58 bits per heavy atom. The van der Waals surface area contributed by atoms with E-state index in [4.69, 9.17) is 0 Å². The molecule has 1 aliphatic heterocycles. The second kappa shape index (κ2) is 7.91. The van der Waals surface area contributed by atoms with Gasteiger partial charge in [-0.05, 0) is 24.1 Å². The molecule has 1 aromatic carbocycles. The quantitative estimate of drug-likeness (QED) is 0.842. The van der Waals surface area contributed by atoms with Crippen LogP contribution in [-0.4, -0.2) is 28.8 Å². The molecule has 134 valence electrons. The molecule has 0 radical (unpaired) electrons. The number of rotatable bonds is 4. The highest BCUT2D eigenvalue weighted by Gasteiger charge is 2.50. The Balaban J connectivity index is 1.84. The molecule has 26 heavy (non-hydrogen) atoms. The van der Waals surface area contributed by atoms with E-state index in [1.54, 1.807) is 11.3 Å². The van der Waals surface area contributed by atoms with Crippen LogP contribution in [0.15, 0.2) is 30.5 Å². The van der Waals surface area contributed by atoms with Gasteiger partial charge >= 0.3 is 0 Å². The Bertz CT molecular complexity index is 854. The van der Waals surface area contributed by atoms with Gasteiger partial charge in [-0.25, -0.2) is 4.98 Å². The number of aliphatic hydroxyl groups is 1. The lowest BCUT2D eigenvalue weighted by molar-refractivity contribution is 0.187. The zero-order valence-corrected chi connectivity index (χ0v) is 16.1. The van der Waals surface area contributed by atoms with Gasteiger partial charge in [-0.3, -0.25) is 0 Å². The van der Waals surface area contributed by atoms with Crippen LogP contribution in [0, 0.1) is 29.1 Å². The highest BCUT2D eigenvalue weighted by atomic mass is 32.1. The predicted octanol–water partition coefficient (Wildman–Crippen LogP) is 3.57. The van der Waals surface area contributed by atoms with Crippen LogP contribution in [0.4, 0.5) is 5.13 Å². The van der Waals surface area contributed by atoms with Gasteiger partial charge in [0.05, 0.1) is 18.7 Å². The second-order valence-electron chi connectivity index (χ2n) is 6.77. The summed E-state index contributed by atoms with van der Waals surface area (Å²) in [6.45, 7) is 6.22. The number of anilines is 1. The lowest BCUT2D eigenvalue weighted by Crippen LogP contribution is -2.63. The third-order valence-electron chi connectivity index (χ3n) is 4.64. The average molecular weight is 366 g/mol. The van der Waals surface area contributed by atoms with Crippen LogP contribution in [0.3, 0.4) is 0 Å². The topological polar surface area (TPSA) is 60.2 Å². The van der Waals surface area contributed by atoms with Gasteiger partial charge in [-0.2, -0.15) is 5.26 Å². The Hall–Kier alpha value is -2.34. The summed E-state index contributed by atoms with van der Waals surface area (Å²) in [6, 6.07) is 10.0. The van der Waals surface area contributed by atoms with Gasteiger partial charge in [0.1, 0.15) is 6.04 Å². The molecule has 0 saturated carbocycles. The molecule has 4 nitrogen and oxygen atoms in total. The summed E-state index contributed by atoms with van der Waals surface area (Å²) in [5, 5.41) is 20.5. The number of nitrogens with zero attached hydrogens (tertiary/aromatic N) is 3. The molecule has 0 unspecified atom stereocenters. The van der Waals surface area contributed by atoms with Gasteiger partial charge < -0.3 is 10.0 Å². The van der Waals surface area contributed by atoms with Gasteiger partial charge in [-0.1, -0.05) is 44.7 Å². The van der Waals surface area contributed by atoms with E-state index in [2.05, 4.69) is 43.7 Å². The first-order chi connectivity index (χ1) is 12.6. The van der Waals surface area contributed by atoms with Crippen LogP contribution in [-0.2, 0) is 6.42 Å². The van der Waals surface area contributed by atoms with Gasteiger partial charge in [0.2, 0.25) is 0 Å². The maximum atomic E-state index is 9.93. The summed E-state index contributed by atoms with van der Waals surface area (Å²) in [7, 11) is 0. The van der Waals surface area contributed by atoms with E-state index in [0.29, 0.717) is 5.92 Å². The zero-order chi connectivity index (χ0) is 18.7. The standard InChI is InChI=1S/C21H23N3OS/c1-4-17-12-23-21(26-17)24-18(11-22)20(19(24)13-25)16-9-7-15(8-10-16)6-5-14(2)3/h7-10,12,14,18-20,25H,4,13H2,1-3H3/t18-,19-,20+/m0/s1. The highest BCUT2D eigenvalue weighted by Crippen LogP contribution is 2.44. The fraction of sp³-hybridized carbons (Fsp3) is 0.429. The molecular formula is C21H23N3OS. The Morgan fingerprint density at radius 2 is 2.04 bits per heavy atom. The number of aromatic nitrogens is 1. The number of aliphatic hydroxyl groups excluding tert-OH is 1. The summed E-state index contributed by atoms with van der Waals surface area (Å²) in [6.07, 6.45) is 2.78. The minimum atomic E-state index is -0.310. The maximum absolute atomic E-state index is 9.93. The number of hydrogen-bond acceptors (Lipinski definition) is 5. The SMILES string of the molecule is CCc1cnc(N2[C@@H](C#N)[C@@H](c3ccc(C#CC(C)C)cc3)[C@@H]2CO)s1. The molecule has 1 aromatic heterocycles. The van der Waals surface area contributed by atoms with Crippen LogP contribution in [0.25, 0.3) is 0 Å². The van der Waals surface area contributed by atoms with Crippen molar-refractivity contribution in [2.45, 2.75) is 45.2 Å². The largest absolute Gasteiger partial charge is 0.394 e. The third-order valence-corrected chi connectivity index (χ3v) is 5.80. The molecule has 3 atom stereocenters. The van der Waals surface area contributed by atoms with Crippen molar-refractivity contribution in [1.29, 1.82) is 5.26 Å². The summed E-state index contributed by atoms with van der Waals surface area (Å²) < 4.78 is 0. The molecule has 2 heterocycles. The molecule has 5 heteroatoms. The summed E-state index contributed by atoms with van der Waals surface area (Å²) >= 11 is 1.60. The molecular weight excluding hydrogens is 342 g/mol. The van der Waals surface area contributed by atoms with Gasteiger partial charge in [0.15, 0.2) is 5.13 Å². The van der Waals surface area contributed by atoms with Crippen LogP contribution < -0.4 is 4.90 Å². The van der Waals surface area contributed by atoms with E-state index in [-0.39, 0.29) is 24.6 Å². The van der Waals surface area contributed by atoms with E-state index in [0.717, 1.165) is 22.7 Å². The number of hydrogen-bond donors (Lipinski definition) is 1. The Kier molecular flexibility index (Phi) is 5.61. The normalized spacial score (nSPS) is 21.7. The number of nitriles is 1. The van der Waals surface area contributed by atoms with E-state index >= 15 is 0 Å². The summed E-state index contributed by atoms with van der Waals surface area (Å²) in [5.41, 5.74) is 2.04. The highest BCUT2D eigenvalue weighted by molar-refractivity contribution is 7.15. The van der Waals surface area contributed by atoms with E-state index < -0.39 is 0 Å². The average Bonchev–Trinajstić information content (AvgIpc) is 3.09. The molecule has 2 aromatic rings. The van der Waals surface area contributed by atoms with E-state index in [9.17, 15) is 10.4 Å². The fourth-order valence-electron chi connectivity index (χ4n) is 3.27. The Morgan fingerprint density at radius 1 is 1.31 bits per heavy atom. The monoisotopic (exact) mass is 365 g/mol. The van der Waals surface area contributed by atoms with Gasteiger partial charge in [0, 0.05) is 28.5 Å². The first-order valence-electron chi connectivity index (χ1n) is 8.94. The van der Waals surface area contributed by atoms with Crippen molar-refractivity contribution in [1.82, 2.24) is 4.98 Å². The van der Waals surface area contributed by atoms with E-state index in [1.807, 2.05) is 35.4 Å². The van der Waals surface area contributed by atoms with Gasteiger partial charge in [-0.15, -0.1) is 11.3 Å². The van der Waals surface area contributed by atoms with Crippen LogP contribution in [0.5, 0.6) is 0 Å². The first-order valence-corrected chi connectivity index (χ1v) is 9.75. The van der Waals surface area contributed by atoms with E-state index in [1.165, 1.54) is 4.88 Å². The predicted molar refractivity (Wildman–Crippen MR) is 105 cm³/mol. The minimum Gasteiger partial charge on any atom is -0.394 e. The zero-order valence-electron chi connectivity index (χ0n) is 15.3. The number of aryl methyl sites for hydroxylation is 1. The third kappa shape index (κ3) is 3.46. The van der Waals surface area contributed by atoms with Crippen molar-refractivity contribution in [2.24, 2.45) is 5.92 Å². The molecule has 1 fully saturated rings. The molecule has 3 rings (SSSR count). The maximum Gasteiger partial charge on any atom is 0.186 e. The van der Waals surface area contributed by atoms with Crippen LogP contribution in [0.1, 0.15) is 42.7 Å². The molecule has 0 spiro atoms. The van der Waals surface area contributed by atoms with Crippen molar-refractivity contribution in [3.8, 4) is 17.9 Å². The smallest absolute Gasteiger partial charge is 0.186 e. The molecule has 1 N–H and O–H groups in total. The van der Waals surface area contributed by atoms with Crippen molar-refractivity contribution >= 4 is 16.5 Å². The summed E-state index contributed by atoms with van der Waals surface area (Å²) in [5.74, 6) is 6.63. The van der Waals surface area contributed by atoms with Crippen molar-refractivity contribution in [3.63, 3.8) is 0 Å². The Labute approximate surface area is 159 Å². The molecule has 0 amide bonds. The summed E-state index contributed by atoms with van der Waals surface area (Å²) in [4.78, 5) is 7.60. The molecule has 0 bridgehead atoms. The fourth-order valence-corrected chi connectivity index (χ4v) is 4.21. The first kappa shape index (κ1) is 18.5. The van der Waals surface area contributed by atoms with Crippen LogP contribution in [0.2, 0.25) is 0 Å². The molecule has 1 saturated heterocycles. The lowest BCUT2D eigenvalue weighted by atomic mass is 9.76. The lowest BCUT2D eigenvalue weighted by Gasteiger charge is -2.51. The van der Waals surface area contributed by atoms with Crippen molar-refractivity contribution in [2.75, 3.05) is 11.5 Å². The molecule has 0 aliphatic carbocycles. The number of thiazole rings is 1. The van der Waals surface area contributed by atoms with Gasteiger partial charge in [0.25, 0.3) is 0 Å². The van der Waals surface area contributed by atoms with Crippen LogP contribution >= 0.6 is 11.3 Å². The number of benzene rings is 1. The minimum absolute atomic E-state index is 0.00120. The second-order valence-corrected chi connectivity index (χ2v) is 7.86. The molecule has 1 aliphatic rings. The van der Waals surface area contributed by atoms with Crippen molar-refractivity contribution < 1.29 is 5.11 Å².